The van der Waals surface area contributed by atoms with Crippen molar-refractivity contribution in [3.05, 3.63) is 28.4 Å². The molecule has 0 unspecified atom stereocenters. The molecule has 0 fully saturated rings. The summed E-state index contributed by atoms with van der Waals surface area (Å²) in [6, 6.07) is 5.77. The molecular formula is C10H9BrN2O. The van der Waals surface area contributed by atoms with Crippen LogP contribution in [0.2, 0.25) is 0 Å². The maximum Gasteiger partial charge on any atom is 0.180 e. The van der Waals surface area contributed by atoms with Gasteiger partial charge in [0.2, 0.25) is 0 Å². The number of aryl methyl sites for hydroxylation is 1. The van der Waals surface area contributed by atoms with Crippen molar-refractivity contribution in [2.24, 2.45) is 7.05 Å². The van der Waals surface area contributed by atoms with Crippen LogP contribution in [0.1, 0.15) is 17.4 Å². The number of aromatic nitrogens is 2. The predicted octanol–water partition coefficient (Wildman–Crippen LogP) is 2.54. The van der Waals surface area contributed by atoms with E-state index in [-0.39, 0.29) is 5.78 Å². The third kappa shape index (κ3) is 1.35. The number of ketones is 1. The van der Waals surface area contributed by atoms with Gasteiger partial charge >= 0.3 is 0 Å². The fourth-order valence-electron chi connectivity index (χ4n) is 1.49. The Labute approximate surface area is 89.8 Å². The zero-order chi connectivity index (χ0) is 10.3. The summed E-state index contributed by atoms with van der Waals surface area (Å²) in [7, 11) is 1.83. The number of carbonyl (C=O) groups excluding carboxylic acids is 1. The van der Waals surface area contributed by atoms with Crippen molar-refractivity contribution in [3.63, 3.8) is 0 Å². The molecule has 0 aliphatic heterocycles. The number of halogens is 1. The summed E-state index contributed by atoms with van der Waals surface area (Å²) in [4.78, 5) is 11.3. The summed E-state index contributed by atoms with van der Waals surface area (Å²) in [5.74, 6) is -0.00192. The van der Waals surface area contributed by atoms with Gasteiger partial charge in [0.1, 0.15) is 5.69 Å². The fraction of sp³-hybridized carbons (Fsp3) is 0.200. The highest BCUT2D eigenvalue weighted by Gasteiger charge is 2.11. The molecule has 0 saturated heterocycles. The summed E-state index contributed by atoms with van der Waals surface area (Å²) in [6.45, 7) is 1.53. The summed E-state index contributed by atoms with van der Waals surface area (Å²) in [5, 5.41) is 5.08. The molecule has 0 bridgehead atoms. The van der Waals surface area contributed by atoms with E-state index < -0.39 is 0 Å². The van der Waals surface area contributed by atoms with Gasteiger partial charge in [-0.3, -0.25) is 9.48 Å². The maximum absolute atomic E-state index is 11.3. The number of fused-ring (bicyclic) bond motifs is 1. The first-order valence-corrected chi connectivity index (χ1v) is 5.02. The number of rotatable bonds is 1. The van der Waals surface area contributed by atoms with E-state index in [1.807, 2.05) is 25.2 Å². The Bertz CT molecular complexity index is 516. The summed E-state index contributed by atoms with van der Waals surface area (Å²) in [6.07, 6.45) is 0. The van der Waals surface area contributed by atoms with Crippen LogP contribution in [0.15, 0.2) is 22.7 Å². The first-order valence-electron chi connectivity index (χ1n) is 4.23. The number of hydrogen-bond donors (Lipinski definition) is 0. The average molecular weight is 253 g/mol. The number of benzene rings is 1. The van der Waals surface area contributed by atoms with Gasteiger partial charge in [-0.1, -0.05) is 15.9 Å². The predicted molar refractivity (Wildman–Crippen MR) is 58.4 cm³/mol. The zero-order valence-corrected chi connectivity index (χ0v) is 9.50. The molecule has 0 saturated carbocycles. The smallest absolute Gasteiger partial charge is 0.180 e. The fourth-order valence-corrected chi connectivity index (χ4v) is 1.84. The number of Topliss-reactive ketones (excluding diaryl/α,β-unsaturated/α-hetero) is 1. The first-order chi connectivity index (χ1) is 6.59. The van der Waals surface area contributed by atoms with Crippen LogP contribution in [-0.4, -0.2) is 15.6 Å². The van der Waals surface area contributed by atoms with Gasteiger partial charge in [-0.05, 0) is 18.2 Å². The van der Waals surface area contributed by atoms with E-state index in [1.54, 1.807) is 4.68 Å². The number of nitrogens with zero attached hydrogens (tertiary/aromatic N) is 2. The highest BCUT2D eigenvalue weighted by Crippen LogP contribution is 2.22. The molecule has 0 spiro atoms. The second kappa shape index (κ2) is 3.20. The molecule has 4 heteroatoms. The minimum atomic E-state index is -0.00192. The second-order valence-electron chi connectivity index (χ2n) is 3.19. The minimum Gasteiger partial charge on any atom is -0.293 e. The van der Waals surface area contributed by atoms with E-state index in [4.69, 9.17) is 0 Å². The Kier molecular flexibility index (Phi) is 2.15. The minimum absolute atomic E-state index is 0.00192. The van der Waals surface area contributed by atoms with Crippen LogP contribution in [0.4, 0.5) is 0 Å². The molecule has 0 amide bonds. The summed E-state index contributed by atoms with van der Waals surface area (Å²) < 4.78 is 2.71. The molecule has 2 rings (SSSR count). The third-order valence-corrected chi connectivity index (χ3v) is 2.64. The molecule has 0 aliphatic rings. The lowest BCUT2D eigenvalue weighted by atomic mass is 10.2. The Morgan fingerprint density at radius 1 is 1.50 bits per heavy atom. The lowest BCUT2D eigenvalue weighted by Crippen LogP contribution is -1.95. The Balaban J connectivity index is 2.84. The van der Waals surface area contributed by atoms with Crippen molar-refractivity contribution in [1.29, 1.82) is 0 Å². The van der Waals surface area contributed by atoms with Gasteiger partial charge in [0.15, 0.2) is 5.78 Å². The van der Waals surface area contributed by atoms with Crippen molar-refractivity contribution >= 4 is 32.6 Å². The normalized spacial score (nSPS) is 10.8. The molecule has 72 valence electrons. The van der Waals surface area contributed by atoms with Gasteiger partial charge in [0, 0.05) is 23.8 Å². The van der Waals surface area contributed by atoms with Gasteiger partial charge in [-0.2, -0.15) is 5.10 Å². The van der Waals surface area contributed by atoms with E-state index in [0.717, 1.165) is 15.4 Å². The van der Waals surface area contributed by atoms with E-state index in [2.05, 4.69) is 21.0 Å². The molecule has 3 nitrogen and oxygen atoms in total. The molecule has 0 radical (unpaired) electrons. The Hall–Kier alpha value is -1.16. The molecular weight excluding hydrogens is 244 g/mol. The van der Waals surface area contributed by atoms with Crippen LogP contribution in [0.25, 0.3) is 10.9 Å². The van der Waals surface area contributed by atoms with Crippen molar-refractivity contribution in [2.45, 2.75) is 6.92 Å². The Morgan fingerprint density at radius 2 is 2.21 bits per heavy atom. The second-order valence-corrected chi connectivity index (χ2v) is 4.11. The van der Waals surface area contributed by atoms with E-state index in [9.17, 15) is 4.79 Å². The van der Waals surface area contributed by atoms with Crippen LogP contribution < -0.4 is 0 Å². The molecule has 1 heterocycles. The van der Waals surface area contributed by atoms with Crippen LogP contribution in [0.5, 0.6) is 0 Å². The molecule has 0 N–H and O–H groups in total. The van der Waals surface area contributed by atoms with Crippen molar-refractivity contribution < 1.29 is 4.79 Å². The molecule has 0 aliphatic carbocycles. The number of hydrogen-bond acceptors (Lipinski definition) is 2. The van der Waals surface area contributed by atoms with Gasteiger partial charge in [0.25, 0.3) is 0 Å². The molecule has 1 aromatic heterocycles. The van der Waals surface area contributed by atoms with Crippen molar-refractivity contribution in [2.75, 3.05) is 0 Å². The lowest BCUT2D eigenvalue weighted by Gasteiger charge is -1.93. The SMILES string of the molecule is CC(=O)c1nn(C)c2cc(Br)ccc12. The van der Waals surface area contributed by atoms with Crippen LogP contribution in [-0.2, 0) is 7.05 Å². The van der Waals surface area contributed by atoms with E-state index in [1.165, 1.54) is 6.92 Å². The Morgan fingerprint density at radius 3 is 2.86 bits per heavy atom. The van der Waals surface area contributed by atoms with E-state index in [0.29, 0.717) is 5.69 Å². The molecule has 1 aromatic carbocycles. The van der Waals surface area contributed by atoms with Crippen molar-refractivity contribution in [3.8, 4) is 0 Å². The van der Waals surface area contributed by atoms with Crippen LogP contribution in [0, 0.1) is 0 Å². The topological polar surface area (TPSA) is 34.9 Å². The monoisotopic (exact) mass is 252 g/mol. The van der Waals surface area contributed by atoms with Crippen molar-refractivity contribution in [1.82, 2.24) is 9.78 Å². The highest BCUT2D eigenvalue weighted by molar-refractivity contribution is 9.10. The van der Waals surface area contributed by atoms with Gasteiger partial charge < -0.3 is 0 Å². The van der Waals surface area contributed by atoms with Gasteiger partial charge in [0.05, 0.1) is 5.52 Å². The van der Waals surface area contributed by atoms with Gasteiger partial charge in [-0.15, -0.1) is 0 Å². The quantitative estimate of drug-likeness (QED) is 0.732. The zero-order valence-electron chi connectivity index (χ0n) is 7.91. The highest BCUT2D eigenvalue weighted by atomic mass is 79.9. The third-order valence-electron chi connectivity index (χ3n) is 2.15. The maximum atomic E-state index is 11.3. The molecule has 0 atom stereocenters. The lowest BCUT2D eigenvalue weighted by molar-refractivity contribution is 0.101. The molecule has 2 aromatic rings. The first kappa shape index (κ1) is 9.40. The van der Waals surface area contributed by atoms with Crippen LogP contribution >= 0.6 is 15.9 Å². The summed E-state index contributed by atoms with van der Waals surface area (Å²) in [5.41, 5.74) is 1.50. The number of carbonyl (C=O) groups is 1. The van der Waals surface area contributed by atoms with E-state index >= 15 is 0 Å². The largest absolute Gasteiger partial charge is 0.293 e. The molecule has 14 heavy (non-hydrogen) atoms. The average Bonchev–Trinajstić information content (AvgIpc) is 2.44. The summed E-state index contributed by atoms with van der Waals surface area (Å²) >= 11 is 3.39. The van der Waals surface area contributed by atoms with Gasteiger partial charge in [-0.25, -0.2) is 0 Å². The van der Waals surface area contributed by atoms with Crippen LogP contribution in [0.3, 0.4) is 0 Å². The standard InChI is InChI=1S/C10H9BrN2O/c1-6(14)10-8-4-3-7(11)5-9(8)13(2)12-10/h3-5H,1-2H3.